The fourth-order valence-corrected chi connectivity index (χ4v) is 1.76. The Morgan fingerprint density at radius 2 is 2.36 bits per heavy atom. The lowest BCUT2D eigenvalue weighted by Crippen LogP contribution is -1.97. The number of benzene rings is 1. The Labute approximate surface area is 83.3 Å². The second kappa shape index (κ2) is 3.88. The SMILES string of the molecule is COc1ccc(C2CCOC2)cc1O. The zero-order valence-electron chi connectivity index (χ0n) is 8.19. The molecule has 1 aliphatic heterocycles. The Kier molecular flexibility index (Phi) is 2.59. The molecule has 1 aliphatic rings. The van der Waals surface area contributed by atoms with Gasteiger partial charge in [0.25, 0.3) is 0 Å². The van der Waals surface area contributed by atoms with Crippen molar-refractivity contribution in [1.82, 2.24) is 0 Å². The lowest BCUT2D eigenvalue weighted by atomic mass is 9.98. The molecule has 0 bridgehead atoms. The van der Waals surface area contributed by atoms with Crippen LogP contribution in [0.5, 0.6) is 11.5 Å². The number of phenolic OH excluding ortho intramolecular Hbond substituents is 1. The van der Waals surface area contributed by atoms with Crippen LogP contribution in [0.25, 0.3) is 0 Å². The van der Waals surface area contributed by atoms with Gasteiger partial charge in [0.1, 0.15) is 0 Å². The summed E-state index contributed by atoms with van der Waals surface area (Å²) in [6.45, 7) is 1.57. The number of hydrogen-bond acceptors (Lipinski definition) is 3. The summed E-state index contributed by atoms with van der Waals surface area (Å²) in [6, 6.07) is 5.54. The second-order valence-corrected chi connectivity index (χ2v) is 3.49. The summed E-state index contributed by atoms with van der Waals surface area (Å²) in [5.74, 6) is 1.15. The standard InChI is InChI=1S/C11H14O3/c1-13-11-3-2-8(6-10(11)12)9-4-5-14-7-9/h2-3,6,9,12H,4-5,7H2,1H3. The lowest BCUT2D eigenvalue weighted by Gasteiger charge is -2.10. The quantitative estimate of drug-likeness (QED) is 0.781. The first kappa shape index (κ1) is 9.34. The highest BCUT2D eigenvalue weighted by molar-refractivity contribution is 5.42. The van der Waals surface area contributed by atoms with Crippen LogP contribution in [-0.4, -0.2) is 25.4 Å². The molecule has 1 atom stereocenters. The maximum absolute atomic E-state index is 9.59. The molecule has 76 valence electrons. The van der Waals surface area contributed by atoms with Gasteiger partial charge in [0.05, 0.1) is 13.7 Å². The molecule has 0 radical (unpaired) electrons. The topological polar surface area (TPSA) is 38.7 Å². The van der Waals surface area contributed by atoms with Gasteiger partial charge in [-0.1, -0.05) is 6.07 Å². The van der Waals surface area contributed by atoms with Gasteiger partial charge in [0.15, 0.2) is 11.5 Å². The first-order valence-corrected chi connectivity index (χ1v) is 4.76. The molecule has 1 fully saturated rings. The van der Waals surface area contributed by atoms with Crippen LogP contribution in [0, 0.1) is 0 Å². The molecule has 1 unspecified atom stereocenters. The van der Waals surface area contributed by atoms with Gasteiger partial charge in [-0.2, -0.15) is 0 Å². The average molecular weight is 194 g/mol. The van der Waals surface area contributed by atoms with Gasteiger partial charge in [-0.3, -0.25) is 0 Å². The van der Waals surface area contributed by atoms with Gasteiger partial charge in [0, 0.05) is 12.5 Å². The van der Waals surface area contributed by atoms with E-state index in [1.54, 1.807) is 19.2 Å². The smallest absolute Gasteiger partial charge is 0.160 e. The summed E-state index contributed by atoms with van der Waals surface area (Å²) in [5.41, 5.74) is 1.13. The first-order chi connectivity index (χ1) is 6.81. The van der Waals surface area contributed by atoms with Gasteiger partial charge in [-0.25, -0.2) is 0 Å². The molecule has 3 heteroatoms. The molecule has 2 rings (SSSR count). The minimum Gasteiger partial charge on any atom is -0.504 e. The van der Waals surface area contributed by atoms with Crippen LogP contribution >= 0.6 is 0 Å². The molecule has 1 aromatic carbocycles. The van der Waals surface area contributed by atoms with Crippen molar-refractivity contribution in [1.29, 1.82) is 0 Å². The van der Waals surface area contributed by atoms with Crippen LogP contribution in [0.2, 0.25) is 0 Å². The van der Waals surface area contributed by atoms with Crippen molar-refractivity contribution >= 4 is 0 Å². The van der Waals surface area contributed by atoms with Crippen molar-refractivity contribution in [3.63, 3.8) is 0 Å². The van der Waals surface area contributed by atoms with E-state index in [-0.39, 0.29) is 5.75 Å². The number of methoxy groups -OCH3 is 1. The predicted molar refractivity (Wildman–Crippen MR) is 52.8 cm³/mol. The predicted octanol–water partition coefficient (Wildman–Crippen LogP) is 1.90. The average Bonchev–Trinajstić information content (AvgIpc) is 2.70. The fraction of sp³-hybridized carbons (Fsp3) is 0.455. The van der Waals surface area contributed by atoms with Crippen LogP contribution in [0.4, 0.5) is 0 Å². The van der Waals surface area contributed by atoms with Crippen molar-refractivity contribution in [3.05, 3.63) is 23.8 Å². The Balaban J connectivity index is 2.23. The Bertz CT molecular complexity index is 316. The zero-order valence-corrected chi connectivity index (χ0v) is 8.19. The van der Waals surface area contributed by atoms with E-state index in [0.29, 0.717) is 11.7 Å². The summed E-state index contributed by atoms with van der Waals surface area (Å²) < 4.78 is 10.3. The molecule has 0 saturated carbocycles. The van der Waals surface area contributed by atoms with Crippen LogP contribution in [0.15, 0.2) is 18.2 Å². The highest BCUT2D eigenvalue weighted by Gasteiger charge is 2.18. The summed E-state index contributed by atoms with van der Waals surface area (Å²) in [7, 11) is 1.55. The third-order valence-corrected chi connectivity index (χ3v) is 2.60. The van der Waals surface area contributed by atoms with Crippen molar-refractivity contribution < 1.29 is 14.6 Å². The highest BCUT2D eigenvalue weighted by atomic mass is 16.5. The normalized spacial score (nSPS) is 21.1. The van der Waals surface area contributed by atoms with E-state index in [9.17, 15) is 5.11 Å². The Morgan fingerprint density at radius 1 is 1.50 bits per heavy atom. The van der Waals surface area contributed by atoms with Gasteiger partial charge in [0.2, 0.25) is 0 Å². The largest absolute Gasteiger partial charge is 0.504 e. The van der Waals surface area contributed by atoms with Crippen molar-refractivity contribution in [2.24, 2.45) is 0 Å². The summed E-state index contributed by atoms with van der Waals surface area (Å²) in [4.78, 5) is 0. The number of aromatic hydroxyl groups is 1. The van der Waals surface area contributed by atoms with Gasteiger partial charge in [-0.05, 0) is 24.1 Å². The van der Waals surface area contributed by atoms with Crippen LogP contribution in [-0.2, 0) is 4.74 Å². The van der Waals surface area contributed by atoms with E-state index in [2.05, 4.69) is 0 Å². The molecular formula is C11H14O3. The van der Waals surface area contributed by atoms with Crippen LogP contribution in [0.3, 0.4) is 0 Å². The van der Waals surface area contributed by atoms with E-state index < -0.39 is 0 Å². The van der Waals surface area contributed by atoms with Gasteiger partial charge < -0.3 is 14.6 Å². The maximum Gasteiger partial charge on any atom is 0.160 e. The van der Waals surface area contributed by atoms with Crippen LogP contribution in [0.1, 0.15) is 17.9 Å². The minimum atomic E-state index is 0.205. The van der Waals surface area contributed by atoms with E-state index in [1.807, 2.05) is 6.07 Å². The first-order valence-electron chi connectivity index (χ1n) is 4.76. The van der Waals surface area contributed by atoms with Crippen molar-refractivity contribution in [3.8, 4) is 11.5 Å². The van der Waals surface area contributed by atoms with Crippen molar-refractivity contribution in [2.45, 2.75) is 12.3 Å². The van der Waals surface area contributed by atoms with Gasteiger partial charge in [-0.15, -0.1) is 0 Å². The molecule has 0 aliphatic carbocycles. The monoisotopic (exact) mass is 194 g/mol. The number of rotatable bonds is 2. The molecule has 1 heterocycles. The van der Waals surface area contributed by atoms with E-state index in [0.717, 1.165) is 25.2 Å². The minimum absolute atomic E-state index is 0.205. The second-order valence-electron chi connectivity index (χ2n) is 3.49. The molecule has 3 nitrogen and oxygen atoms in total. The molecular weight excluding hydrogens is 180 g/mol. The molecule has 1 saturated heterocycles. The molecule has 1 N–H and O–H groups in total. The highest BCUT2D eigenvalue weighted by Crippen LogP contribution is 2.32. The van der Waals surface area contributed by atoms with E-state index >= 15 is 0 Å². The third kappa shape index (κ3) is 1.68. The zero-order chi connectivity index (χ0) is 9.97. The molecule has 1 aromatic rings. The third-order valence-electron chi connectivity index (χ3n) is 2.60. The van der Waals surface area contributed by atoms with Crippen molar-refractivity contribution in [2.75, 3.05) is 20.3 Å². The Morgan fingerprint density at radius 3 is 2.93 bits per heavy atom. The van der Waals surface area contributed by atoms with Crippen LogP contribution < -0.4 is 4.74 Å². The summed E-state index contributed by atoms with van der Waals surface area (Å²) >= 11 is 0. The molecule has 0 spiro atoms. The van der Waals surface area contributed by atoms with E-state index in [4.69, 9.17) is 9.47 Å². The lowest BCUT2D eigenvalue weighted by molar-refractivity contribution is 0.194. The fourth-order valence-electron chi connectivity index (χ4n) is 1.76. The summed E-state index contributed by atoms with van der Waals surface area (Å²) in [6.07, 6.45) is 1.03. The van der Waals surface area contributed by atoms with Gasteiger partial charge >= 0.3 is 0 Å². The Hall–Kier alpha value is -1.22. The molecule has 0 aromatic heterocycles. The van der Waals surface area contributed by atoms with E-state index in [1.165, 1.54) is 0 Å². The number of phenols is 1. The molecule has 0 amide bonds. The molecule has 14 heavy (non-hydrogen) atoms. The number of ether oxygens (including phenoxy) is 2. The maximum atomic E-state index is 9.59. The number of hydrogen-bond donors (Lipinski definition) is 1. The summed E-state index contributed by atoms with van der Waals surface area (Å²) in [5, 5.41) is 9.59.